The average Bonchev–Trinajstić information content (AvgIpc) is 3.40. The molecule has 1 saturated carbocycles. The van der Waals surface area contributed by atoms with Crippen LogP contribution in [0.25, 0.3) is 5.95 Å². The van der Waals surface area contributed by atoms with Crippen LogP contribution < -0.4 is 10.6 Å². The minimum Gasteiger partial charge on any atom is -0.342 e. The molecule has 2 aromatic heterocycles. The first-order valence-corrected chi connectivity index (χ1v) is 10.7. The van der Waals surface area contributed by atoms with Gasteiger partial charge in [-0.05, 0) is 44.0 Å². The number of amides is 2. The van der Waals surface area contributed by atoms with Crippen LogP contribution in [0.1, 0.15) is 47.6 Å². The summed E-state index contributed by atoms with van der Waals surface area (Å²) >= 11 is 11.9. The minimum atomic E-state index is -4.68. The highest BCUT2D eigenvalue weighted by molar-refractivity contribution is 6.38. The Bertz CT molecular complexity index is 1250. The van der Waals surface area contributed by atoms with Gasteiger partial charge in [0.25, 0.3) is 11.9 Å². The van der Waals surface area contributed by atoms with Gasteiger partial charge in [-0.25, -0.2) is 9.97 Å². The molecule has 0 radical (unpaired) electrons. The zero-order chi connectivity index (χ0) is 24.7. The van der Waals surface area contributed by atoms with E-state index >= 15 is 0 Å². The minimum absolute atomic E-state index is 0.0948. The molecule has 4 rings (SSSR count). The summed E-state index contributed by atoms with van der Waals surface area (Å²) in [6.07, 6.45) is -0.732. The van der Waals surface area contributed by atoms with Crippen LogP contribution in [0.3, 0.4) is 0 Å². The third-order valence-corrected chi connectivity index (χ3v) is 5.69. The molecule has 0 saturated heterocycles. The maximum Gasteiger partial charge on any atom is 0.416 e. The predicted octanol–water partition coefficient (Wildman–Crippen LogP) is 3.93. The van der Waals surface area contributed by atoms with Crippen molar-refractivity contribution in [3.8, 4) is 5.95 Å². The molecule has 1 fully saturated rings. The molecule has 1 aliphatic carbocycles. The summed E-state index contributed by atoms with van der Waals surface area (Å²) in [4.78, 5) is 36.4. The topological polar surface area (TPSA) is 115 Å². The van der Waals surface area contributed by atoms with Crippen LogP contribution >= 0.6 is 23.2 Å². The van der Waals surface area contributed by atoms with Gasteiger partial charge in [-0.1, -0.05) is 11.6 Å². The number of benzene rings is 1. The molecular formula is C20H16Cl2F3N7O2. The van der Waals surface area contributed by atoms with Gasteiger partial charge in [0.2, 0.25) is 11.9 Å². The zero-order valence-corrected chi connectivity index (χ0v) is 18.9. The van der Waals surface area contributed by atoms with Gasteiger partial charge in [0.05, 0.1) is 11.6 Å². The van der Waals surface area contributed by atoms with E-state index in [2.05, 4.69) is 30.7 Å². The lowest BCUT2D eigenvalue weighted by Crippen LogP contribution is -2.29. The monoisotopic (exact) mass is 513 g/mol. The molecule has 0 spiro atoms. The van der Waals surface area contributed by atoms with Crippen LogP contribution in [-0.4, -0.2) is 41.4 Å². The molecule has 3 aromatic rings. The van der Waals surface area contributed by atoms with E-state index in [4.69, 9.17) is 23.2 Å². The summed E-state index contributed by atoms with van der Waals surface area (Å²) in [5.74, 6) is -1.18. The van der Waals surface area contributed by atoms with E-state index in [9.17, 15) is 22.8 Å². The number of halogens is 5. The Morgan fingerprint density at radius 3 is 2.47 bits per heavy atom. The van der Waals surface area contributed by atoms with Crippen LogP contribution in [-0.2, 0) is 11.0 Å². The summed E-state index contributed by atoms with van der Waals surface area (Å²) in [5, 5.41) is 9.03. The van der Waals surface area contributed by atoms with Crippen LogP contribution in [0.2, 0.25) is 5.02 Å². The predicted molar refractivity (Wildman–Crippen MR) is 116 cm³/mol. The number of aromatic nitrogens is 5. The molecule has 178 valence electrons. The summed E-state index contributed by atoms with van der Waals surface area (Å²) in [5.41, 5.74) is -1.35. The molecule has 14 heteroatoms. The van der Waals surface area contributed by atoms with E-state index in [-0.39, 0.29) is 28.3 Å². The average molecular weight is 514 g/mol. The second-order valence-electron chi connectivity index (χ2n) is 7.60. The Kier molecular flexibility index (Phi) is 6.21. The lowest BCUT2D eigenvalue weighted by Gasteiger charge is -2.15. The normalized spacial score (nSPS) is 15.5. The van der Waals surface area contributed by atoms with Crippen molar-refractivity contribution in [3.05, 3.63) is 58.6 Å². The Balaban J connectivity index is 1.62. The fourth-order valence-corrected chi connectivity index (χ4v) is 3.36. The Labute approximate surface area is 200 Å². The summed E-state index contributed by atoms with van der Waals surface area (Å²) in [6, 6.07) is 3.23. The van der Waals surface area contributed by atoms with Gasteiger partial charge in [-0.3, -0.25) is 14.9 Å². The number of hydrogen-bond acceptors (Lipinski definition) is 6. The fourth-order valence-electron chi connectivity index (χ4n) is 2.98. The van der Waals surface area contributed by atoms with Gasteiger partial charge in [0.1, 0.15) is 4.87 Å². The highest BCUT2D eigenvalue weighted by atomic mass is 35.5. The van der Waals surface area contributed by atoms with Crippen molar-refractivity contribution in [3.63, 3.8) is 0 Å². The molecule has 2 heterocycles. The molecule has 0 bridgehead atoms. The number of alkyl halides is 4. The highest BCUT2D eigenvalue weighted by Crippen LogP contribution is 2.43. The van der Waals surface area contributed by atoms with E-state index in [1.165, 1.54) is 24.0 Å². The molecular weight excluding hydrogens is 498 g/mol. The second-order valence-corrected chi connectivity index (χ2v) is 8.76. The van der Waals surface area contributed by atoms with Gasteiger partial charge in [-0.15, -0.1) is 16.7 Å². The summed E-state index contributed by atoms with van der Waals surface area (Å²) in [7, 11) is 0. The molecule has 34 heavy (non-hydrogen) atoms. The third-order valence-electron chi connectivity index (χ3n) is 4.92. The molecule has 0 aliphatic heterocycles. The lowest BCUT2D eigenvalue weighted by atomic mass is 10.1. The maximum absolute atomic E-state index is 13.1. The molecule has 1 aliphatic rings. The zero-order valence-electron chi connectivity index (χ0n) is 17.4. The first-order valence-electron chi connectivity index (χ1n) is 9.90. The van der Waals surface area contributed by atoms with Gasteiger partial charge in [0.15, 0.2) is 5.82 Å². The number of nitrogens with zero attached hydrogens (tertiary/aromatic N) is 5. The first-order chi connectivity index (χ1) is 16.0. The number of nitrogens with one attached hydrogen (secondary N) is 2. The maximum atomic E-state index is 13.1. The van der Waals surface area contributed by atoms with Crippen LogP contribution in [0.4, 0.5) is 19.1 Å². The Morgan fingerprint density at radius 2 is 1.85 bits per heavy atom. The molecule has 9 nitrogen and oxygen atoms in total. The van der Waals surface area contributed by atoms with E-state index in [1.54, 1.807) is 6.07 Å². The van der Waals surface area contributed by atoms with Crippen molar-refractivity contribution in [1.29, 1.82) is 0 Å². The van der Waals surface area contributed by atoms with Crippen LogP contribution in [0, 0.1) is 0 Å². The van der Waals surface area contributed by atoms with E-state index in [0.717, 1.165) is 12.1 Å². The molecule has 2 amide bonds. The van der Waals surface area contributed by atoms with Gasteiger partial charge >= 0.3 is 6.18 Å². The number of hydrogen-bond donors (Lipinski definition) is 2. The summed E-state index contributed by atoms with van der Waals surface area (Å²) in [6.45, 7) is 1.53. The molecule has 1 unspecified atom stereocenters. The second kappa shape index (κ2) is 8.84. The number of carbonyl (C=O) groups is 2. The van der Waals surface area contributed by atoms with Crippen molar-refractivity contribution < 1.29 is 22.8 Å². The Hall–Kier alpha value is -3.25. The summed E-state index contributed by atoms with van der Waals surface area (Å²) < 4.78 is 40.5. The fraction of sp³-hybridized carbons (Fsp3) is 0.300. The number of rotatable bonds is 6. The largest absolute Gasteiger partial charge is 0.416 e. The van der Waals surface area contributed by atoms with Gasteiger partial charge in [0, 0.05) is 23.0 Å². The van der Waals surface area contributed by atoms with Crippen molar-refractivity contribution in [2.75, 3.05) is 5.32 Å². The number of carbonyl (C=O) groups excluding carboxylic acids is 2. The quantitative estimate of drug-likeness (QED) is 0.482. The van der Waals surface area contributed by atoms with E-state index in [0.29, 0.717) is 18.9 Å². The third kappa shape index (κ3) is 5.12. The van der Waals surface area contributed by atoms with E-state index < -0.39 is 34.5 Å². The van der Waals surface area contributed by atoms with E-state index in [1.807, 2.05) is 0 Å². The van der Waals surface area contributed by atoms with Gasteiger partial charge < -0.3 is 5.32 Å². The highest BCUT2D eigenvalue weighted by Gasteiger charge is 2.48. The lowest BCUT2D eigenvalue weighted by molar-refractivity contribution is -0.137. The molecule has 1 atom stereocenters. The smallest absolute Gasteiger partial charge is 0.342 e. The Morgan fingerprint density at radius 1 is 1.18 bits per heavy atom. The van der Waals surface area contributed by atoms with Gasteiger partial charge in [-0.2, -0.15) is 22.8 Å². The standard InChI is InChI=1S/C20H16Cl2F3N7O2/c1-10(28-15(33)11-7-12(20(23,24)25)9-13(21)8-11)14-29-17(30-16(34)19(22)3-4-19)31-32(14)18-26-5-2-6-27-18/h2,5-10H,3-4H2,1H3,(H,28,33)(H,30,31,34). The SMILES string of the molecule is CC(NC(=O)c1cc(Cl)cc(C(F)(F)F)c1)c1nc(NC(=O)C2(Cl)CC2)nn1-c1ncccn1. The van der Waals surface area contributed by atoms with Crippen molar-refractivity contribution in [2.24, 2.45) is 0 Å². The van der Waals surface area contributed by atoms with Crippen LogP contribution in [0.5, 0.6) is 0 Å². The molecule has 2 N–H and O–H groups in total. The van der Waals surface area contributed by atoms with Crippen LogP contribution in [0.15, 0.2) is 36.7 Å². The first kappa shape index (κ1) is 23.9. The molecule has 1 aromatic carbocycles. The van der Waals surface area contributed by atoms with Crippen molar-refractivity contribution in [2.45, 2.75) is 36.9 Å². The van der Waals surface area contributed by atoms with Crippen molar-refractivity contribution >= 4 is 41.0 Å². The van der Waals surface area contributed by atoms with Crippen molar-refractivity contribution in [1.82, 2.24) is 30.0 Å². The number of anilines is 1.